The molecule has 28 heavy (non-hydrogen) atoms. The molecule has 2 unspecified atom stereocenters. The van der Waals surface area contributed by atoms with E-state index in [1.54, 1.807) is 7.11 Å². The summed E-state index contributed by atoms with van der Waals surface area (Å²) >= 11 is 0. The molecule has 2 N–H and O–H groups in total. The maximum Gasteiger partial charge on any atom is 0.190 e. The standard InChI is InChI=1S/C22H23N5O/c1-3-9-27-10-8-15-17(11-23)21(26)22(13-24,14-25)20(18(15)12-27)16-6-4-5-7-19(16)28-2/h4-8,17-18,20,26H,3,9-10,12H2,1-2H3/p+1/t17?,18-,20+/m1/s1. The summed E-state index contributed by atoms with van der Waals surface area (Å²) in [6, 6.07) is 13.9. The summed E-state index contributed by atoms with van der Waals surface area (Å²) in [5, 5.41) is 38.6. The molecule has 0 spiro atoms. The molecule has 142 valence electrons. The normalized spacial score (nSPS) is 28.1. The number of nitriles is 3. The van der Waals surface area contributed by atoms with Gasteiger partial charge in [-0.3, -0.25) is 0 Å². The zero-order valence-corrected chi connectivity index (χ0v) is 16.2. The van der Waals surface area contributed by atoms with Gasteiger partial charge in [-0.2, -0.15) is 15.8 Å². The van der Waals surface area contributed by atoms with Crippen molar-refractivity contribution in [2.24, 2.45) is 17.3 Å². The first-order valence-corrected chi connectivity index (χ1v) is 9.55. The quantitative estimate of drug-likeness (QED) is 0.784. The van der Waals surface area contributed by atoms with Gasteiger partial charge in [0.15, 0.2) is 5.41 Å². The Morgan fingerprint density at radius 1 is 1.25 bits per heavy atom. The third kappa shape index (κ3) is 2.85. The van der Waals surface area contributed by atoms with Crippen molar-refractivity contribution in [1.82, 2.24) is 0 Å². The van der Waals surface area contributed by atoms with E-state index in [0.717, 1.165) is 37.2 Å². The number of para-hydroxylation sites is 1. The van der Waals surface area contributed by atoms with Gasteiger partial charge in [0, 0.05) is 17.4 Å². The second kappa shape index (κ2) is 7.85. The van der Waals surface area contributed by atoms with E-state index in [1.165, 1.54) is 4.90 Å². The van der Waals surface area contributed by atoms with Crippen molar-refractivity contribution in [2.45, 2.75) is 19.3 Å². The molecule has 0 amide bonds. The number of hydrogen-bond donors (Lipinski definition) is 2. The topological polar surface area (TPSA) is 109 Å². The van der Waals surface area contributed by atoms with E-state index in [-0.39, 0.29) is 11.6 Å². The first kappa shape index (κ1) is 19.6. The number of hydrogen-bond acceptors (Lipinski definition) is 5. The monoisotopic (exact) mass is 374 g/mol. The first-order chi connectivity index (χ1) is 13.6. The Bertz CT molecular complexity index is 915. The molecule has 0 saturated heterocycles. The lowest BCUT2D eigenvalue weighted by atomic mass is 9.54. The number of nitrogens with zero attached hydrogens (tertiary/aromatic N) is 3. The molecule has 6 nitrogen and oxygen atoms in total. The van der Waals surface area contributed by atoms with Gasteiger partial charge in [0.2, 0.25) is 0 Å². The van der Waals surface area contributed by atoms with Crippen molar-refractivity contribution in [2.75, 3.05) is 26.7 Å². The van der Waals surface area contributed by atoms with Crippen molar-refractivity contribution in [3.05, 3.63) is 41.5 Å². The van der Waals surface area contributed by atoms with Gasteiger partial charge in [0.05, 0.1) is 50.7 Å². The Kier molecular flexibility index (Phi) is 5.50. The summed E-state index contributed by atoms with van der Waals surface area (Å²) in [5.74, 6) is -0.926. The van der Waals surface area contributed by atoms with E-state index < -0.39 is 17.3 Å². The highest BCUT2D eigenvalue weighted by Gasteiger charge is 2.59. The van der Waals surface area contributed by atoms with Crippen LogP contribution in [-0.4, -0.2) is 32.5 Å². The van der Waals surface area contributed by atoms with Crippen LogP contribution < -0.4 is 9.64 Å². The van der Waals surface area contributed by atoms with E-state index in [9.17, 15) is 15.8 Å². The van der Waals surface area contributed by atoms with E-state index in [4.69, 9.17) is 10.1 Å². The highest BCUT2D eigenvalue weighted by molar-refractivity contribution is 6.00. The van der Waals surface area contributed by atoms with Crippen molar-refractivity contribution in [1.29, 1.82) is 21.2 Å². The minimum absolute atomic E-state index is 0.114. The molecule has 1 aliphatic carbocycles. The molecule has 1 aliphatic heterocycles. The minimum Gasteiger partial charge on any atom is -0.496 e. The lowest BCUT2D eigenvalue weighted by Crippen LogP contribution is -3.13. The van der Waals surface area contributed by atoms with Gasteiger partial charge in [-0.15, -0.1) is 0 Å². The number of rotatable bonds is 4. The summed E-state index contributed by atoms with van der Waals surface area (Å²) in [6.07, 6.45) is 3.09. The molecule has 1 heterocycles. The maximum absolute atomic E-state index is 10.1. The third-order valence-electron chi connectivity index (χ3n) is 6.04. The molecule has 3 rings (SSSR count). The summed E-state index contributed by atoms with van der Waals surface area (Å²) in [6.45, 7) is 4.65. The average Bonchev–Trinajstić information content (AvgIpc) is 2.73. The second-order valence-corrected chi connectivity index (χ2v) is 7.45. The molecule has 1 aromatic rings. The van der Waals surface area contributed by atoms with Gasteiger partial charge >= 0.3 is 0 Å². The largest absolute Gasteiger partial charge is 0.496 e. The molecule has 0 aromatic heterocycles. The van der Waals surface area contributed by atoms with Gasteiger partial charge < -0.3 is 15.0 Å². The van der Waals surface area contributed by atoms with Crippen LogP contribution in [0.2, 0.25) is 0 Å². The lowest BCUT2D eigenvalue weighted by Gasteiger charge is -2.46. The smallest absolute Gasteiger partial charge is 0.190 e. The first-order valence-electron chi connectivity index (χ1n) is 9.55. The van der Waals surface area contributed by atoms with Crippen molar-refractivity contribution in [3.8, 4) is 24.0 Å². The number of benzene rings is 1. The van der Waals surface area contributed by atoms with Crippen LogP contribution in [0.3, 0.4) is 0 Å². The predicted octanol–water partition coefficient (Wildman–Crippen LogP) is 1.84. The summed E-state index contributed by atoms with van der Waals surface area (Å²) < 4.78 is 5.54. The summed E-state index contributed by atoms with van der Waals surface area (Å²) in [4.78, 5) is 1.37. The third-order valence-corrected chi connectivity index (χ3v) is 6.04. The zero-order chi connectivity index (χ0) is 20.3. The Morgan fingerprint density at radius 3 is 2.57 bits per heavy atom. The highest BCUT2D eigenvalue weighted by Crippen LogP contribution is 2.53. The van der Waals surface area contributed by atoms with Crippen LogP contribution in [0.25, 0.3) is 0 Å². The second-order valence-electron chi connectivity index (χ2n) is 7.45. The van der Waals surface area contributed by atoms with E-state index >= 15 is 0 Å². The molecule has 0 bridgehead atoms. The number of methoxy groups -OCH3 is 1. The molecular formula is C22H24N5O+. The predicted molar refractivity (Wildman–Crippen MR) is 104 cm³/mol. The maximum atomic E-state index is 10.1. The van der Waals surface area contributed by atoms with Gasteiger partial charge in [0.1, 0.15) is 11.7 Å². The van der Waals surface area contributed by atoms with Crippen LogP contribution in [0.15, 0.2) is 35.9 Å². The van der Waals surface area contributed by atoms with Crippen molar-refractivity contribution >= 4 is 5.71 Å². The minimum atomic E-state index is -1.69. The molecule has 2 aliphatic rings. The van der Waals surface area contributed by atoms with Crippen LogP contribution in [0.1, 0.15) is 24.8 Å². The number of fused-ring (bicyclic) bond motifs is 1. The van der Waals surface area contributed by atoms with Crippen LogP contribution in [0.4, 0.5) is 0 Å². The molecular weight excluding hydrogens is 350 g/mol. The fourth-order valence-electron chi connectivity index (χ4n) is 4.79. The van der Waals surface area contributed by atoms with Crippen molar-refractivity contribution < 1.29 is 9.64 Å². The molecule has 4 atom stereocenters. The fourth-order valence-corrected chi connectivity index (χ4v) is 4.79. The van der Waals surface area contributed by atoms with Gasteiger partial charge in [-0.1, -0.05) is 25.1 Å². The average molecular weight is 374 g/mol. The molecule has 1 aromatic carbocycles. The Balaban J connectivity index is 2.25. The molecule has 1 saturated carbocycles. The van der Waals surface area contributed by atoms with E-state index in [1.807, 2.05) is 24.3 Å². The van der Waals surface area contributed by atoms with Gasteiger partial charge in [-0.05, 0) is 24.1 Å². The zero-order valence-electron chi connectivity index (χ0n) is 16.2. The van der Waals surface area contributed by atoms with Crippen LogP contribution in [0.5, 0.6) is 5.75 Å². The summed E-state index contributed by atoms with van der Waals surface area (Å²) in [7, 11) is 1.57. The lowest BCUT2D eigenvalue weighted by molar-refractivity contribution is -0.899. The molecule has 6 heteroatoms. The van der Waals surface area contributed by atoms with Crippen molar-refractivity contribution in [3.63, 3.8) is 0 Å². The Morgan fingerprint density at radius 2 is 1.96 bits per heavy atom. The van der Waals surface area contributed by atoms with Crippen LogP contribution in [-0.2, 0) is 0 Å². The van der Waals surface area contributed by atoms with E-state index in [0.29, 0.717) is 5.75 Å². The number of quaternary nitrogens is 1. The van der Waals surface area contributed by atoms with E-state index in [2.05, 4.69) is 31.2 Å². The SMILES string of the molecule is CCC[NH+]1CC=C2C(C#N)C(=N)C(C#N)(C#N)[C@@H](c3ccccc3OC)[C@@H]2C1. The molecule has 0 radical (unpaired) electrons. The number of ether oxygens (including phenoxy) is 1. The number of nitrogens with one attached hydrogen (secondary N) is 2. The fraction of sp³-hybridized carbons (Fsp3) is 0.455. The van der Waals surface area contributed by atoms with Crippen LogP contribution in [0, 0.1) is 56.7 Å². The summed E-state index contributed by atoms with van der Waals surface area (Å²) in [5.41, 5.74) is -0.171. The van der Waals surface area contributed by atoms with Gasteiger partial charge in [-0.25, -0.2) is 0 Å². The Labute approximate surface area is 165 Å². The highest BCUT2D eigenvalue weighted by atomic mass is 16.5. The van der Waals surface area contributed by atoms with Crippen LogP contribution >= 0.6 is 0 Å². The Hall–Kier alpha value is -3.14. The van der Waals surface area contributed by atoms with Gasteiger partial charge in [0.25, 0.3) is 0 Å². The molecule has 1 fully saturated rings.